The standard InChI is InChI=1S/C11H22N2O/c1-9(2)6-8-13-7-4-5-10(12-3)11(13)14/h9-10,12H,4-8H2,1-3H3. The molecule has 1 saturated heterocycles. The van der Waals surface area contributed by atoms with Gasteiger partial charge in [0.25, 0.3) is 0 Å². The highest BCUT2D eigenvalue weighted by Gasteiger charge is 2.26. The summed E-state index contributed by atoms with van der Waals surface area (Å²) >= 11 is 0. The molecule has 1 aliphatic heterocycles. The first-order valence-electron chi connectivity index (χ1n) is 5.61. The molecular formula is C11H22N2O. The van der Waals surface area contributed by atoms with E-state index in [2.05, 4.69) is 19.2 Å². The van der Waals surface area contributed by atoms with Crippen LogP contribution in [0.2, 0.25) is 0 Å². The third kappa shape index (κ3) is 2.98. The van der Waals surface area contributed by atoms with Gasteiger partial charge < -0.3 is 10.2 Å². The van der Waals surface area contributed by atoms with Crippen molar-refractivity contribution in [3.8, 4) is 0 Å². The van der Waals surface area contributed by atoms with E-state index < -0.39 is 0 Å². The molecule has 14 heavy (non-hydrogen) atoms. The van der Waals surface area contributed by atoms with Crippen LogP contribution in [-0.2, 0) is 4.79 Å². The molecule has 1 rings (SSSR count). The van der Waals surface area contributed by atoms with Gasteiger partial charge in [0.05, 0.1) is 6.04 Å². The quantitative estimate of drug-likeness (QED) is 0.737. The van der Waals surface area contributed by atoms with Crippen molar-refractivity contribution in [1.29, 1.82) is 0 Å². The van der Waals surface area contributed by atoms with E-state index >= 15 is 0 Å². The first-order chi connectivity index (χ1) is 6.65. The zero-order valence-corrected chi connectivity index (χ0v) is 9.55. The highest BCUT2D eigenvalue weighted by molar-refractivity contribution is 5.82. The normalized spacial score (nSPS) is 23.3. The molecule has 0 aliphatic carbocycles. The lowest BCUT2D eigenvalue weighted by molar-refractivity contribution is -0.135. The van der Waals surface area contributed by atoms with Crippen LogP contribution in [0.15, 0.2) is 0 Å². The van der Waals surface area contributed by atoms with Crippen molar-refractivity contribution in [3.05, 3.63) is 0 Å². The lowest BCUT2D eigenvalue weighted by atomic mass is 10.0. The molecular weight excluding hydrogens is 176 g/mol. The van der Waals surface area contributed by atoms with E-state index in [0.717, 1.165) is 32.4 Å². The van der Waals surface area contributed by atoms with Gasteiger partial charge in [-0.3, -0.25) is 4.79 Å². The number of piperidine rings is 1. The zero-order chi connectivity index (χ0) is 10.6. The van der Waals surface area contributed by atoms with Crippen molar-refractivity contribution in [2.24, 2.45) is 5.92 Å². The maximum absolute atomic E-state index is 11.8. The average Bonchev–Trinajstić information content (AvgIpc) is 2.16. The molecule has 1 aliphatic rings. The molecule has 0 saturated carbocycles. The zero-order valence-electron chi connectivity index (χ0n) is 9.55. The van der Waals surface area contributed by atoms with Gasteiger partial charge in [0.15, 0.2) is 0 Å². The van der Waals surface area contributed by atoms with Crippen molar-refractivity contribution in [3.63, 3.8) is 0 Å². The molecule has 0 aromatic rings. The molecule has 1 fully saturated rings. The van der Waals surface area contributed by atoms with E-state index in [0.29, 0.717) is 11.8 Å². The lowest BCUT2D eigenvalue weighted by Crippen LogP contribution is -2.49. The Morgan fingerprint density at radius 2 is 2.29 bits per heavy atom. The Hall–Kier alpha value is -0.570. The van der Waals surface area contributed by atoms with Crippen LogP contribution in [0.5, 0.6) is 0 Å². The molecule has 1 N–H and O–H groups in total. The van der Waals surface area contributed by atoms with Gasteiger partial charge in [0.2, 0.25) is 5.91 Å². The Labute approximate surface area is 86.9 Å². The van der Waals surface area contributed by atoms with Crippen molar-refractivity contribution >= 4 is 5.91 Å². The fourth-order valence-electron chi connectivity index (χ4n) is 1.84. The van der Waals surface area contributed by atoms with Gasteiger partial charge in [-0.25, -0.2) is 0 Å². The number of hydrogen-bond acceptors (Lipinski definition) is 2. The van der Waals surface area contributed by atoms with Crippen LogP contribution in [-0.4, -0.2) is 37.0 Å². The smallest absolute Gasteiger partial charge is 0.239 e. The van der Waals surface area contributed by atoms with Crippen LogP contribution >= 0.6 is 0 Å². The van der Waals surface area contributed by atoms with E-state index in [1.165, 1.54) is 0 Å². The minimum atomic E-state index is 0.0657. The Morgan fingerprint density at radius 3 is 2.86 bits per heavy atom. The predicted octanol–water partition coefficient (Wildman–Crippen LogP) is 1.24. The minimum Gasteiger partial charge on any atom is -0.341 e. The molecule has 1 heterocycles. The van der Waals surface area contributed by atoms with E-state index in [1.807, 2.05) is 11.9 Å². The summed E-state index contributed by atoms with van der Waals surface area (Å²) in [7, 11) is 1.87. The summed E-state index contributed by atoms with van der Waals surface area (Å²) < 4.78 is 0. The summed E-state index contributed by atoms with van der Waals surface area (Å²) in [5, 5.41) is 3.08. The topological polar surface area (TPSA) is 32.3 Å². The molecule has 0 radical (unpaired) electrons. The summed E-state index contributed by atoms with van der Waals surface area (Å²) in [5.74, 6) is 0.970. The van der Waals surface area contributed by atoms with Crippen LogP contribution in [0, 0.1) is 5.92 Å². The molecule has 1 atom stereocenters. The summed E-state index contributed by atoms with van der Waals surface area (Å²) in [6, 6.07) is 0.0657. The second-order valence-electron chi connectivity index (χ2n) is 4.49. The number of rotatable bonds is 4. The summed E-state index contributed by atoms with van der Waals surface area (Å²) in [6.45, 7) is 6.27. The van der Waals surface area contributed by atoms with Gasteiger partial charge in [-0.2, -0.15) is 0 Å². The number of nitrogens with zero attached hydrogens (tertiary/aromatic N) is 1. The first-order valence-corrected chi connectivity index (χ1v) is 5.61. The second-order valence-corrected chi connectivity index (χ2v) is 4.49. The average molecular weight is 198 g/mol. The Bertz CT molecular complexity index is 192. The molecule has 0 bridgehead atoms. The fraction of sp³-hybridized carbons (Fsp3) is 0.909. The first kappa shape index (κ1) is 11.5. The van der Waals surface area contributed by atoms with Gasteiger partial charge in [0.1, 0.15) is 0 Å². The molecule has 1 amide bonds. The maximum Gasteiger partial charge on any atom is 0.239 e. The van der Waals surface area contributed by atoms with Crippen molar-refractivity contribution in [1.82, 2.24) is 10.2 Å². The molecule has 3 nitrogen and oxygen atoms in total. The van der Waals surface area contributed by atoms with Crippen molar-refractivity contribution in [2.45, 2.75) is 39.2 Å². The largest absolute Gasteiger partial charge is 0.341 e. The van der Waals surface area contributed by atoms with Gasteiger partial charge in [-0.1, -0.05) is 13.8 Å². The molecule has 0 spiro atoms. The molecule has 3 heteroatoms. The Balaban J connectivity index is 2.40. The highest BCUT2D eigenvalue weighted by atomic mass is 16.2. The minimum absolute atomic E-state index is 0.0657. The molecule has 82 valence electrons. The highest BCUT2D eigenvalue weighted by Crippen LogP contribution is 2.13. The summed E-state index contributed by atoms with van der Waals surface area (Å²) in [4.78, 5) is 13.8. The number of carbonyl (C=O) groups excluding carboxylic acids is 1. The van der Waals surface area contributed by atoms with Crippen LogP contribution in [0.25, 0.3) is 0 Å². The van der Waals surface area contributed by atoms with Gasteiger partial charge in [0, 0.05) is 13.1 Å². The van der Waals surface area contributed by atoms with Crippen LogP contribution in [0.4, 0.5) is 0 Å². The van der Waals surface area contributed by atoms with E-state index in [1.54, 1.807) is 0 Å². The van der Waals surface area contributed by atoms with Crippen molar-refractivity contribution < 1.29 is 4.79 Å². The third-order valence-electron chi connectivity index (χ3n) is 2.86. The number of amides is 1. The molecule has 0 aromatic carbocycles. The Morgan fingerprint density at radius 1 is 1.57 bits per heavy atom. The number of likely N-dealkylation sites (N-methyl/N-ethyl adjacent to an activating group) is 1. The second kappa shape index (κ2) is 5.35. The maximum atomic E-state index is 11.8. The monoisotopic (exact) mass is 198 g/mol. The third-order valence-corrected chi connectivity index (χ3v) is 2.86. The number of hydrogen-bond donors (Lipinski definition) is 1. The molecule has 1 unspecified atom stereocenters. The summed E-state index contributed by atoms with van der Waals surface area (Å²) in [6.07, 6.45) is 3.24. The van der Waals surface area contributed by atoms with Crippen LogP contribution in [0.3, 0.4) is 0 Å². The van der Waals surface area contributed by atoms with E-state index in [4.69, 9.17) is 0 Å². The van der Waals surface area contributed by atoms with Crippen molar-refractivity contribution in [2.75, 3.05) is 20.1 Å². The lowest BCUT2D eigenvalue weighted by Gasteiger charge is -2.32. The predicted molar refractivity (Wildman–Crippen MR) is 58.1 cm³/mol. The number of nitrogens with one attached hydrogen (secondary N) is 1. The van der Waals surface area contributed by atoms with Crippen LogP contribution < -0.4 is 5.32 Å². The van der Waals surface area contributed by atoms with Gasteiger partial charge in [-0.15, -0.1) is 0 Å². The van der Waals surface area contributed by atoms with E-state index in [9.17, 15) is 4.79 Å². The fourth-order valence-corrected chi connectivity index (χ4v) is 1.84. The number of carbonyl (C=O) groups is 1. The Kier molecular flexibility index (Phi) is 4.39. The SMILES string of the molecule is CNC1CCCN(CCC(C)C)C1=O. The van der Waals surface area contributed by atoms with Gasteiger partial charge >= 0.3 is 0 Å². The van der Waals surface area contributed by atoms with E-state index in [-0.39, 0.29) is 6.04 Å². The van der Waals surface area contributed by atoms with Crippen LogP contribution in [0.1, 0.15) is 33.1 Å². The summed E-state index contributed by atoms with van der Waals surface area (Å²) in [5.41, 5.74) is 0. The molecule has 0 aromatic heterocycles. The number of likely N-dealkylation sites (tertiary alicyclic amines) is 1. The van der Waals surface area contributed by atoms with Gasteiger partial charge in [-0.05, 0) is 32.2 Å².